The van der Waals surface area contributed by atoms with E-state index < -0.39 is 11.6 Å². The fraction of sp³-hybridized carbons (Fsp3) is 0.611. The number of benzene rings is 1. The van der Waals surface area contributed by atoms with Gasteiger partial charge in [-0.05, 0) is 67.4 Å². The smallest absolute Gasteiger partial charge is 0.335 e. The molecule has 0 aromatic heterocycles. The minimum Gasteiger partial charge on any atom is -0.478 e. The molecule has 0 radical (unpaired) electrons. The van der Waals surface area contributed by atoms with Gasteiger partial charge in [0.15, 0.2) is 0 Å². The lowest BCUT2D eigenvalue weighted by atomic mass is 9.86. The molecule has 0 amide bonds. The summed E-state index contributed by atoms with van der Waals surface area (Å²) in [5.74, 6) is 3.25. The van der Waals surface area contributed by atoms with Crippen LogP contribution in [0.25, 0.3) is 0 Å². The third-order valence-corrected chi connectivity index (χ3v) is 11.7. The number of hydrogen-bond donors (Lipinski definition) is 2. The maximum Gasteiger partial charge on any atom is 0.335 e. The lowest BCUT2D eigenvalue weighted by molar-refractivity contribution is 0.0201. The van der Waals surface area contributed by atoms with Crippen LogP contribution in [0, 0.1) is 0 Å². The van der Waals surface area contributed by atoms with Gasteiger partial charge in [0, 0.05) is 0 Å². The van der Waals surface area contributed by atoms with Crippen LogP contribution in [0.5, 0.6) is 0 Å². The van der Waals surface area contributed by atoms with Crippen LogP contribution in [-0.2, 0) is 5.60 Å². The Morgan fingerprint density at radius 2 is 1.32 bits per heavy atom. The highest BCUT2D eigenvalue weighted by Crippen LogP contribution is 2.64. The van der Waals surface area contributed by atoms with Gasteiger partial charge < -0.3 is 10.2 Å². The van der Waals surface area contributed by atoms with Crippen LogP contribution < -0.4 is 0 Å². The van der Waals surface area contributed by atoms with Crippen LogP contribution in [0.4, 0.5) is 0 Å². The van der Waals surface area contributed by atoms with Crippen molar-refractivity contribution >= 4 is 53.0 Å². The largest absolute Gasteiger partial charge is 0.478 e. The molecule has 0 spiro atoms. The lowest BCUT2D eigenvalue weighted by Crippen LogP contribution is -2.58. The standard InChI is InChI=1S/C18H24O3S4/c1-16(22-9-3-10-23-16)18(21,17(2)24-11-4-12-25-17)14-7-5-13(6-8-14)15(19)20/h5-8,21H,3-4,9-12H2,1-2H3,(H,19,20). The van der Waals surface area contributed by atoms with E-state index in [2.05, 4.69) is 13.8 Å². The number of aromatic carboxylic acids is 1. The minimum atomic E-state index is -1.05. The van der Waals surface area contributed by atoms with Crippen LogP contribution in [0.1, 0.15) is 42.6 Å². The Balaban J connectivity index is 2.09. The number of rotatable bonds is 4. The number of thioether (sulfide) groups is 4. The second-order valence-electron chi connectivity index (χ2n) is 6.59. The maximum absolute atomic E-state index is 12.2. The number of carbonyl (C=O) groups is 1. The van der Waals surface area contributed by atoms with Crippen LogP contribution in [0.15, 0.2) is 24.3 Å². The predicted molar refractivity (Wildman–Crippen MR) is 113 cm³/mol. The van der Waals surface area contributed by atoms with E-state index >= 15 is 0 Å². The molecule has 2 aliphatic heterocycles. The van der Waals surface area contributed by atoms with Gasteiger partial charge in [0.05, 0.1) is 13.7 Å². The monoisotopic (exact) mass is 416 g/mol. The van der Waals surface area contributed by atoms with E-state index in [0.717, 1.165) is 41.4 Å². The van der Waals surface area contributed by atoms with Gasteiger partial charge in [-0.1, -0.05) is 12.1 Å². The Morgan fingerprint density at radius 3 is 1.68 bits per heavy atom. The van der Waals surface area contributed by atoms with Crippen molar-refractivity contribution in [1.82, 2.24) is 0 Å². The summed E-state index contributed by atoms with van der Waals surface area (Å²) in [6.45, 7) is 4.32. The molecule has 0 atom stereocenters. The van der Waals surface area contributed by atoms with E-state index in [0.29, 0.717) is 0 Å². The van der Waals surface area contributed by atoms with Crippen molar-refractivity contribution in [3.8, 4) is 0 Å². The van der Waals surface area contributed by atoms with Gasteiger partial charge in [-0.25, -0.2) is 4.79 Å². The average molecular weight is 417 g/mol. The van der Waals surface area contributed by atoms with Crippen molar-refractivity contribution in [1.29, 1.82) is 0 Å². The quantitative estimate of drug-likeness (QED) is 0.735. The van der Waals surface area contributed by atoms with Crippen molar-refractivity contribution in [3.05, 3.63) is 35.4 Å². The Hall–Kier alpha value is 0.0500. The van der Waals surface area contributed by atoms with E-state index in [4.69, 9.17) is 0 Å². The topological polar surface area (TPSA) is 57.5 Å². The summed E-state index contributed by atoms with van der Waals surface area (Å²) in [5, 5.41) is 21.4. The van der Waals surface area contributed by atoms with Crippen molar-refractivity contribution in [2.24, 2.45) is 0 Å². The number of carboxylic acids is 1. The van der Waals surface area contributed by atoms with Gasteiger partial charge >= 0.3 is 5.97 Å². The van der Waals surface area contributed by atoms with E-state index in [9.17, 15) is 15.0 Å². The first kappa shape index (κ1) is 19.8. The summed E-state index contributed by atoms with van der Waals surface area (Å²) in [6.07, 6.45) is 2.33. The molecular formula is C18H24O3S4. The highest BCUT2D eigenvalue weighted by atomic mass is 32.2. The first-order valence-corrected chi connectivity index (χ1v) is 12.4. The maximum atomic E-state index is 12.2. The zero-order chi connectivity index (χ0) is 18.1. The van der Waals surface area contributed by atoms with Gasteiger partial charge in [-0.15, -0.1) is 47.0 Å². The summed E-state index contributed by atoms with van der Waals surface area (Å²) < 4.78 is -0.718. The SMILES string of the molecule is CC1(C(O)(c2ccc(C(=O)O)cc2)C2(C)SCCCS2)SCCCS1. The molecule has 7 heteroatoms. The normalized spacial score (nSPS) is 23.2. The third kappa shape index (κ3) is 3.47. The first-order valence-electron chi connectivity index (χ1n) is 8.44. The molecule has 2 saturated heterocycles. The Morgan fingerprint density at radius 1 is 0.920 bits per heavy atom. The van der Waals surface area contributed by atoms with Gasteiger partial charge in [0.2, 0.25) is 0 Å². The zero-order valence-corrected chi connectivity index (χ0v) is 17.8. The second-order valence-corrected chi connectivity index (χ2v) is 13.2. The second kappa shape index (κ2) is 7.58. The third-order valence-electron chi connectivity index (χ3n) is 4.95. The van der Waals surface area contributed by atoms with Crippen molar-refractivity contribution < 1.29 is 15.0 Å². The highest BCUT2D eigenvalue weighted by molar-refractivity contribution is 8.20. The number of hydrogen-bond acceptors (Lipinski definition) is 6. The summed E-state index contributed by atoms with van der Waals surface area (Å²) in [6, 6.07) is 6.86. The molecule has 0 aliphatic carbocycles. The summed E-state index contributed by atoms with van der Waals surface area (Å²) in [4.78, 5) is 11.2. The molecule has 3 nitrogen and oxygen atoms in total. The van der Waals surface area contributed by atoms with Crippen molar-refractivity contribution in [3.63, 3.8) is 0 Å². The Bertz CT molecular complexity index is 596. The van der Waals surface area contributed by atoms with Crippen molar-refractivity contribution in [2.45, 2.75) is 40.4 Å². The molecule has 3 rings (SSSR count). The van der Waals surface area contributed by atoms with Crippen LogP contribution >= 0.6 is 47.0 Å². The Labute approximate surface area is 166 Å². The average Bonchev–Trinajstić information content (AvgIpc) is 2.62. The van der Waals surface area contributed by atoms with Gasteiger partial charge in [0.25, 0.3) is 0 Å². The molecule has 1 aromatic rings. The molecule has 0 saturated carbocycles. The predicted octanol–water partition coefficient (Wildman–Crippen LogP) is 4.75. The van der Waals surface area contributed by atoms with Crippen LogP contribution in [0.3, 0.4) is 0 Å². The van der Waals surface area contributed by atoms with E-state index in [1.807, 2.05) is 59.2 Å². The van der Waals surface area contributed by atoms with Crippen LogP contribution in [0.2, 0.25) is 0 Å². The molecule has 1 aromatic carbocycles. The van der Waals surface area contributed by atoms with E-state index in [-0.39, 0.29) is 13.7 Å². The molecule has 2 aliphatic rings. The van der Waals surface area contributed by atoms with E-state index in [1.54, 1.807) is 12.1 Å². The summed E-state index contributed by atoms with van der Waals surface area (Å²) in [7, 11) is 0. The number of aliphatic hydroxyl groups is 1. The summed E-state index contributed by atoms with van der Waals surface area (Å²) >= 11 is 7.36. The highest BCUT2D eigenvalue weighted by Gasteiger charge is 2.61. The van der Waals surface area contributed by atoms with Gasteiger partial charge in [-0.3, -0.25) is 0 Å². The molecule has 138 valence electrons. The van der Waals surface area contributed by atoms with Crippen molar-refractivity contribution in [2.75, 3.05) is 23.0 Å². The fourth-order valence-electron chi connectivity index (χ4n) is 3.48. The summed E-state index contributed by atoms with van der Waals surface area (Å²) in [5.41, 5.74) is 0.0309. The van der Waals surface area contributed by atoms with Gasteiger partial charge in [0.1, 0.15) is 5.60 Å². The Kier molecular flexibility index (Phi) is 6.01. The minimum absolute atomic E-state index is 0.259. The molecule has 0 unspecified atom stereocenters. The molecule has 2 fully saturated rings. The number of carboxylic acid groups (broad SMARTS) is 1. The molecule has 2 heterocycles. The molecule has 25 heavy (non-hydrogen) atoms. The zero-order valence-electron chi connectivity index (χ0n) is 14.5. The van der Waals surface area contributed by atoms with Gasteiger partial charge in [-0.2, -0.15) is 0 Å². The molecule has 0 bridgehead atoms. The fourth-order valence-corrected chi connectivity index (χ4v) is 10.6. The lowest BCUT2D eigenvalue weighted by Gasteiger charge is -2.55. The van der Waals surface area contributed by atoms with E-state index in [1.165, 1.54) is 0 Å². The molecular weight excluding hydrogens is 392 g/mol. The first-order chi connectivity index (χ1) is 11.8. The molecule has 2 N–H and O–H groups in total. The van der Waals surface area contributed by atoms with Crippen LogP contribution in [-0.4, -0.2) is 47.4 Å².